The average molecular weight is 433 g/mol. The molecule has 0 saturated carbocycles. The molecular formula is C31H30NO+. The van der Waals surface area contributed by atoms with Gasteiger partial charge in [0.25, 0.3) is 0 Å². The Hall–Kier alpha value is -3.39. The van der Waals surface area contributed by atoms with Crippen LogP contribution < -0.4 is 4.57 Å². The lowest BCUT2D eigenvalue weighted by atomic mass is 9.82. The number of fused-ring (bicyclic) bond motifs is 7. The quantitative estimate of drug-likeness (QED) is 0.260. The number of rotatable bonds is 2. The first-order valence-electron chi connectivity index (χ1n) is 11.9. The highest BCUT2D eigenvalue weighted by atomic mass is 16.3. The molecule has 0 saturated heterocycles. The van der Waals surface area contributed by atoms with Crippen LogP contribution in [0.4, 0.5) is 0 Å². The van der Waals surface area contributed by atoms with Crippen molar-refractivity contribution in [2.75, 3.05) is 0 Å². The third-order valence-electron chi connectivity index (χ3n) is 7.63. The van der Waals surface area contributed by atoms with Gasteiger partial charge in [0.1, 0.15) is 18.2 Å². The van der Waals surface area contributed by atoms with Crippen molar-refractivity contribution < 1.29 is 8.98 Å². The Bertz CT molecular complexity index is 1580. The Morgan fingerprint density at radius 1 is 0.848 bits per heavy atom. The third kappa shape index (κ3) is 2.70. The van der Waals surface area contributed by atoms with Gasteiger partial charge >= 0.3 is 0 Å². The lowest BCUT2D eigenvalue weighted by Crippen LogP contribution is -2.31. The van der Waals surface area contributed by atoms with Crippen LogP contribution in [0.15, 0.2) is 71.3 Å². The number of pyridine rings is 1. The van der Waals surface area contributed by atoms with Crippen molar-refractivity contribution in [3.05, 3.63) is 89.1 Å². The van der Waals surface area contributed by atoms with Crippen LogP contribution in [0, 0.1) is 6.92 Å². The predicted molar refractivity (Wildman–Crippen MR) is 137 cm³/mol. The second-order valence-electron chi connectivity index (χ2n) is 10.4. The molecule has 0 fully saturated rings. The molecule has 0 unspecified atom stereocenters. The summed E-state index contributed by atoms with van der Waals surface area (Å²) in [6.07, 6.45) is 2.17. The summed E-state index contributed by atoms with van der Waals surface area (Å²) in [5.41, 5.74) is 12.2. The van der Waals surface area contributed by atoms with Crippen molar-refractivity contribution in [2.45, 2.75) is 46.0 Å². The molecule has 33 heavy (non-hydrogen) atoms. The lowest BCUT2D eigenvalue weighted by Gasteiger charge is -2.21. The van der Waals surface area contributed by atoms with Gasteiger partial charge in [-0.15, -0.1) is 0 Å². The Labute approximate surface area is 195 Å². The molecule has 1 aliphatic carbocycles. The summed E-state index contributed by atoms with van der Waals surface area (Å²) in [5, 5.41) is 2.39. The van der Waals surface area contributed by atoms with Gasteiger partial charge < -0.3 is 4.42 Å². The molecule has 5 aromatic rings. The van der Waals surface area contributed by atoms with Crippen LogP contribution in [0.1, 0.15) is 55.9 Å². The molecule has 0 radical (unpaired) electrons. The van der Waals surface area contributed by atoms with E-state index in [1.54, 1.807) is 0 Å². The molecule has 164 valence electrons. The molecule has 0 bridgehead atoms. The summed E-state index contributed by atoms with van der Waals surface area (Å²) in [7, 11) is 2.12. The number of furan rings is 1. The zero-order chi connectivity index (χ0) is 23.1. The molecular weight excluding hydrogens is 402 g/mol. The number of hydrogen-bond donors (Lipinski definition) is 0. The number of nitrogens with zero attached hydrogens (tertiary/aromatic N) is 1. The fourth-order valence-corrected chi connectivity index (χ4v) is 5.76. The van der Waals surface area contributed by atoms with E-state index in [2.05, 4.69) is 113 Å². The summed E-state index contributed by atoms with van der Waals surface area (Å²) in [6.45, 7) is 11.3. The molecule has 2 heteroatoms. The van der Waals surface area contributed by atoms with Crippen molar-refractivity contribution in [2.24, 2.45) is 7.05 Å². The van der Waals surface area contributed by atoms with Crippen molar-refractivity contribution in [3.8, 4) is 22.4 Å². The first-order chi connectivity index (χ1) is 15.8. The van der Waals surface area contributed by atoms with Gasteiger partial charge in [-0.05, 0) is 46.7 Å². The molecule has 2 nitrogen and oxygen atoms in total. The molecule has 6 rings (SSSR count). The average Bonchev–Trinajstić information content (AvgIpc) is 3.27. The van der Waals surface area contributed by atoms with E-state index in [0.29, 0.717) is 5.92 Å². The van der Waals surface area contributed by atoms with Gasteiger partial charge in [-0.25, -0.2) is 4.57 Å². The van der Waals surface area contributed by atoms with E-state index in [4.69, 9.17) is 4.42 Å². The van der Waals surface area contributed by atoms with Crippen LogP contribution in [0.3, 0.4) is 0 Å². The maximum absolute atomic E-state index is 6.87. The van der Waals surface area contributed by atoms with E-state index in [1.165, 1.54) is 55.4 Å². The molecule has 2 heterocycles. The maximum atomic E-state index is 6.87. The van der Waals surface area contributed by atoms with Gasteiger partial charge in [0.2, 0.25) is 5.69 Å². The molecule has 1 aliphatic rings. The minimum absolute atomic E-state index is 0.100. The zero-order valence-corrected chi connectivity index (χ0v) is 20.3. The van der Waals surface area contributed by atoms with E-state index in [9.17, 15) is 0 Å². The second-order valence-corrected chi connectivity index (χ2v) is 10.4. The molecule has 0 atom stereocenters. The maximum Gasteiger partial charge on any atom is 0.216 e. The van der Waals surface area contributed by atoms with Gasteiger partial charge in [-0.3, -0.25) is 0 Å². The highest BCUT2D eigenvalue weighted by Gasteiger charge is 2.38. The third-order valence-corrected chi connectivity index (χ3v) is 7.63. The molecule has 3 aromatic carbocycles. The fourth-order valence-electron chi connectivity index (χ4n) is 5.76. The molecule has 2 aromatic heterocycles. The van der Waals surface area contributed by atoms with Crippen LogP contribution >= 0.6 is 0 Å². The van der Waals surface area contributed by atoms with E-state index >= 15 is 0 Å². The van der Waals surface area contributed by atoms with Crippen molar-refractivity contribution in [1.82, 2.24) is 0 Å². The zero-order valence-electron chi connectivity index (χ0n) is 20.3. The number of aromatic nitrogens is 1. The van der Waals surface area contributed by atoms with Crippen LogP contribution in [0.25, 0.3) is 44.3 Å². The molecule has 0 spiro atoms. The minimum Gasteiger partial charge on any atom is -0.455 e. The van der Waals surface area contributed by atoms with E-state index in [0.717, 1.165) is 11.2 Å². The number of benzene rings is 3. The Morgan fingerprint density at radius 3 is 2.36 bits per heavy atom. The summed E-state index contributed by atoms with van der Waals surface area (Å²) in [4.78, 5) is 0. The smallest absolute Gasteiger partial charge is 0.216 e. The lowest BCUT2D eigenvalue weighted by molar-refractivity contribution is -0.660. The first-order valence-corrected chi connectivity index (χ1v) is 11.9. The van der Waals surface area contributed by atoms with Gasteiger partial charge in [0.15, 0.2) is 6.20 Å². The predicted octanol–water partition coefficient (Wildman–Crippen LogP) is 7.82. The van der Waals surface area contributed by atoms with Crippen molar-refractivity contribution in [1.29, 1.82) is 0 Å². The first kappa shape index (κ1) is 20.2. The minimum atomic E-state index is -0.100. The van der Waals surface area contributed by atoms with Crippen molar-refractivity contribution >= 4 is 21.9 Å². The number of aryl methyl sites for hydroxylation is 2. The van der Waals surface area contributed by atoms with Crippen LogP contribution in [-0.2, 0) is 12.5 Å². The summed E-state index contributed by atoms with van der Waals surface area (Å²) in [6, 6.07) is 22.3. The SMILES string of the molecule is Cc1ccc2c(oc3c4c(ccc32)-c2ccccc2C4(C)C)c1-c1cc(C(C)C)cc[n+]1C. The van der Waals surface area contributed by atoms with E-state index in [1.807, 2.05) is 0 Å². The summed E-state index contributed by atoms with van der Waals surface area (Å²) < 4.78 is 9.08. The Balaban J connectivity index is 1.71. The van der Waals surface area contributed by atoms with Gasteiger partial charge in [0, 0.05) is 33.9 Å². The van der Waals surface area contributed by atoms with Crippen LogP contribution in [0.2, 0.25) is 0 Å². The van der Waals surface area contributed by atoms with Crippen molar-refractivity contribution in [3.63, 3.8) is 0 Å². The summed E-state index contributed by atoms with van der Waals surface area (Å²) >= 11 is 0. The van der Waals surface area contributed by atoms with Gasteiger partial charge in [-0.2, -0.15) is 0 Å². The Morgan fingerprint density at radius 2 is 1.58 bits per heavy atom. The van der Waals surface area contributed by atoms with Crippen LogP contribution in [-0.4, -0.2) is 0 Å². The monoisotopic (exact) mass is 432 g/mol. The Kier molecular flexibility index (Phi) is 4.17. The van der Waals surface area contributed by atoms with E-state index < -0.39 is 0 Å². The molecule has 0 amide bonds. The van der Waals surface area contributed by atoms with Gasteiger partial charge in [-0.1, -0.05) is 70.2 Å². The summed E-state index contributed by atoms with van der Waals surface area (Å²) in [5.74, 6) is 0.475. The highest BCUT2D eigenvalue weighted by molar-refractivity contribution is 6.12. The van der Waals surface area contributed by atoms with Crippen LogP contribution in [0.5, 0.6) is 0 Å². The van der Waals surface area contributed by atoms with Gasteiger partial charge in [0.05, 0.1) is 5.56 Å². The fraction of sp³-hybridized carbons (Fsp3) is 0.258. The molecule has 0 aliphatic heterocycles. The standard InChI is InChI=1S/C31H30NO/c1-18(2)20-15-16-32(6)26(17-20)27-19(3)11-12-23-24-14-13-22-21-9-7-8-10-25(21)31(4,5)28(22)30(24)33-29(23)27/h7-18H,1-6H3/q+1. The topological polar surface area (TPSA) is 17.0 Å². The normalized spacial score (nSPS) is 14.3. The van der Waals surface area contributed by atoms with E-state index in [-0.39, 0.29) is 5.41 Å². The number of hydrogen-bond acceptors (Lipinski definition) is 1. The second kappa shape index (κ2) is 6.81. The largest absolute Gasteiger partial charge is 0.455 e. The molecule has 0 N–H and O–H groups in total. The highest BCUT2D eigenvalue weighted by Crippen LogP contribution is 2.53.